The summed E-state index contributed by atoms with van der Waals surface area (Å²) in [6.45, 7) is 2.09. The van der Waals surface area contributed by atoms with E-state index in [0.717, 1.165) is 34.8 Å². The molecule has 3 heteroatoms. The Kier molecular flexibility index (Phi) is 2.17. The smallest absolute Gasteiger partial charge is 0.177 e. The van der Waals surface area contributed by atoms with Crippen molar-refractivity contribution in [3.63, 3.8) is 0 Å². The molecule has 0 spiro atoms. The number of nitrogens with zero attached hydrogens (tertiary/aromatic N) is 2. The summed E-state index contributed by atoms with van der Waals surface area (Å²) < 4.78 is 0. The third kappa shape index (κ3) is 1.52. The number of rotatable bonds is 1. The second-order valence-corrected chi connectivity index (χ2v) is 7.46. The molecule has 20 heavy (non-hydrogen) atoms. The molecular weight excluding hydrogens is 246 g/mol. The Labute approximate surface area is 119 Å². The van der Waals surface area contributed by atoms with Gasteiger partial charge in [0.05, 0.1) is 5.52 Å². The lowest BCUT2D eigenvalue weighted by atomic mass is 9.52. The highest BCUT2D eigenvalue weighted by Crippen LogP contribution is 2.59. The van der Waals surface area contributed by atoms with Crippen LogP contribution in [0, 0.1) is 30.6 Å². The zero-order valence-corrected chi connectivity index (χ0v) is 12.0. The van der Waals surface area contributed by atoms with Crippen LogP contribution in [0.15, 0.2) is 12.3 Å². The normalized spacial score (nSPS) is 38.8. The maximum absolute atomic E-state index is 4.83. The van der Waals surface area contributed by atoms with Gasteiger partial charge in [-0.3, -0.25) is 0 Å². The Morgan fingerprint density at radius 2 is 1.75 bits per heavy atom. The van der Waals surface area contributed by atoms with Crippen molar-refractivity contribution in [3.8, 4) is 0 Å². The standard InChI is InChI=1S/C17H21N3/c1-9-2-14-16(18-8-9)20-17(19-14)15-12-4-10-3-11(6-12)7-13(15)5-10/h2,8,10-13,15H,3-7H2,1H3,(H,18,19,20). The molecule has 4 fully saturated rings. The Morgan fingerprint density at radius 1 is 1.05 bits per heavy atom. The molecule has 4 aliphatic carbocycles. The number of imidazole rings is 1. The molecule has 0 aliphatic heterocycles. The van der Waals surface area contributed by atoms with Crippen molar-refractivity contribution in [3.05, 3.63) is 23.7 Å². The molecule has 2 aromatic heterocycles. The van der Waals surface area contributed by atoms with Gasteiger partial charge in [0.15, 0.2) is 5.65 Å². The number of aryl methyl sites for hydroxylation is 1. The minimum absolute atomic E-state index is 0.678. The molecule has 0 atom stereocenters. The molecule has 6 rings (SSSR count). The predicted octanol–water partition coefficient (Wildman–Crippen LogP) is 3.81. The Hall–Kier alpha value is -1.38. The van der Waals surface area contributed by atoms with Crippen molar-refractivity contribution >= 4 is 11.2 Å². The van der Waals surface area contributed by atoms with E-state index in [1.807, 2.05) is 6.20 Å². The molecule has 4 aliphatic rings. The maximum Gasteiger partial charge on any atom is 0.177 e. The van der Waals surface area contributed by atoms with E-state index < -0.39 is 0 Å². The Morgan fingerprint density at radius 3 is 2.45 bits per heavy atom. The van der Waals surface area contributed by atoms with E-state index in [4.69, 9.17) is 4.98 Å². The minimum Gasteiger partial charge on any atom is -0.340 e. The lowest BCUT2D eigenvalue weighted by molar-refractivity contribution is -0.00529. The van der Waals surface area contributed by atoms with Crippen molar-refractivity contribution in [2.24, 2.45) is 23.7 Å². The first-order valence-corrected chi connectivity index (χ1v) is 8.08. The number of hydrogen-bond acceptors (Lipinski definition) is 2. The molecule has 3 nitrogen and oxygen atoms in total. The Bertz CT molecular complexity index is 644. The highest BCUT2D eigenvalue weighted by molar-refractivity contribution is 5.71. The topological polar surface area (TPSA) is 41.6 Å². The second-order valence-electron chi connectivity index (χ2n) is 7.46. The fourth-order valence-electron chi connectivity index (χ4n) is 5.55. The van der Waals surface area contributed by atoms with E-state index in [9.17, 15) is 0 Å². The van der Waals surface area contributed by atoms with Gasteiger partial charge < -0.3 is 4.98 Å². The van der Waals surface area contributed by atoms with Crippen LogP contribution in [0.25, 0.3) is 11.2 Å². The van der Waals surface area contributed by atoms with Crippen LogP contribution < -0.4 is 0 Å². The van der Waals surface area contributed by atoms with Crippen molar-refractivity contribution in [1.29, 1.82) is 0 Å². The lowest BCUT2D eigenvalue weighted by Gasteiger charge is -2.53. The SMILES string of the molecule is Cc1cnc2nc(C3C4CC5CC(C4)CC3C5)[nH]c2c1. The van der Waals surface area contributed by atoms with Gasteiger partial charge in [-0.25, -0.2) is 9.97 Å². The van der Waals surface area contributed by atoms with Gasteiger partial charge in [-0.15, -0.1) is 0 Å². The summed E-state index contributed by atoms with van der Waals surface area (Å²) >= 11 is 0. The minimum atomic E-state index is 0.678. The lowest BCUT2D eigenvalue weighted by Crippen LogP contribution is -2.44. The second kappa shape index (κ2) is 3.84. The van der Waals surface area contributed by atoms with Gasteiger partial charge in [-0.1, -0.05) is 0 Å². The molecule has 2 heterocycles. The number of hydrogen-bond donors (Lipinski definition) is 1. The number of aromatic nitrogens is 3. The summed E-state index contributed by atoms with van der Waals surface area (Å²) in [4.78, 5) is 12.9. The van der Waals surface area contributed by atoms with Crippen LogP contribution in [0.1, 0.15) is 49.4 Å². The van der Waals surface area contributed by atoms with Gasteiger partial charge in [-0.05, 0) is 74.3 Å². The van der Waals surface area contributed by atoms with E-state index in [1.165, 1.54) is 43.5 Å². The number of H-pyrrole nitrogens is 1. The van der Waals surface area contributed by atoms with Crippen LogP contribution in [0.3, 0.4) is 0 Å². The summed E-state index contributed by atoms with van der Waals surface area (Å²) in [5.41, 5.74) is 3.23. The summed E-state index contributed by atoms with van der Waals surface area (Å²) in [6.07, 6.45) is 9.22. The summed E-state index contributed by atoms with van der Waals surface area (Å²) in [6, 6.07) is 2.18. The van der Waals surface area contributed by atoms with Crippen molar-refractivity contribution in [1.82, 2.24) is 15.0 Å². The molecular formula is C17H21N3. The first kappa shape index (κ1) is 11.3. The molecule has 4 bridgehead atoms. The van der Waals surface area contributed by atoms with Gasteiger partial charge in [0.25, 0.3) is 0 Å². The molecule has 2 aromatic rings. The van der Waals surface area contributed by atoms with Crippen LogP contribution in [-0.4, -0.2) is 15.0 Å². The molecule has 0 unspecified atom stereocenters. The molecule has 0 radical (unpaired) electrons. The zero-order valence-electron chi connectivity index (χ0n) is 12.0. The number of aromatic amines is 1. The van der Waals surface area contributed by atoms with Gasteiger partial charge in [-0.2, -0.15) is 0 Å². The van der Waals surface area contributed by atoms with E-state index in [0.29, 0.717) is 5.92 Å². The van der Waals surface area contributed by atoms with E-state index in [-0.39, 0.29) is 0 Å². The van der Waals surface area contributed by atoms with Crippen LogP contribution in [-0.2, 0) is 0 Å². The number of nitrogens with one attached hydrogen (secondary N) is 1. The van der Waals surface area contributed by atoms with Crippen molar-refractivity contribution in [2.45, 2.75) is 44.9 Å². The van der Waals surface area contributed by atoms with Crippen LogP contribution in [0.5, 0.6) is 0 Å². The summed E-state index contributed by atoms with van der Waals surface area (Å²) in [7, 11) is 0. The Balaban J connectivity index is 1.57. The molecule has 1 N–H and O–H groups in total. The quantitative estimate of drug-likeness (QED) is 0.853. The fourth-order valence-corrected chi connectivity index (χ4v) is 5.55. The first-order valence-electron chi connectivity index (χ1n) is 8.08. The third-order valence-electron chi connectivity index (χ3n) is 6.03. The highest BCUT2D eigenvalue weighted by Gasteiger charge is 2.49. The zero-order chi connectivity index (χ0) is 13.3. The van der Waals surface area contributed by atoms with Crippen molar-refractivity contribution < 1.29 is 0 Å². The average molecular weight is 267 g/mol. The molecule has 0 aromatic carbocycles. The van der Waals surface area contributed by atoms with Gasteiger partial charge in [0, 0.05) is 12.1 Å². The number of pyridine rings is 1. The van der Waals surface area contributed by atoms with Crippen LogP contribution >= 0.6 is 0 Å². The molecule has 0 saturated heterocycles. The number of fused-ring (bicyclic) bond motifs is 1. The molecule has 0 amide bonds. The van der Waals surface area contributed by atoms with Crippen LogP contribution in [0.2, 0.25) is 0 Å². The molecule has 104 valence electrons. The monoisotopic (exact) mass is 267 g/mol. The van der Waals surface area contributed by atoms with E-state index in [2.05, 4.69) is 23.0 Å². The van der Waals surface area contributed by atoms with E-state index >= 15 is 0 Å². The van der Waals surface area contributed by atoms with E-state index in [1.54, 1.807) is 0 Å². The average Bonchev–Trinajstić information content (AvgIpc) is 2.79. The predicted molar refractivity (Wildman–Crippen MR) is 78.4 cm³/mol. The fraction of sp³-hybridized carbons (Fsp3) is 0.647. The molecule has 4 saturated carbocycles. The highest BCUT2D eigenvalue weighted by atomic mass is 15.0. The summed E-state index contributed by atoms with van der Waals surface area (Å²) in [5, 5.41) is 0. The van der Waals surface area contributed by atoms with Gasteiger partial charge >= 0.3 is 0 Å². The van der Waals surface area contributed by atoms with Gasteiger partial charge in [0.2, 0.25) is 0 Å². The first-order chi connectivity index (χ1) is 9.76. The largest absolute Gasteiger partial charge is 0.340 e. The third-order valence-corrected chi connectivity index (χ3v) is 6.03. The van der Waals surface area contributed by atoms with Crippen LogP contribution in [0.4, 0.5) is 0 Å². The maximum atomic E-state index is 4.83. The van der Waals surface area contributed by atoms with Gasteiger partial charge in [0.1, 0.15) is 5.82 Å². The summed E-state index contributed by atoms with van der Waals surface area (Å²) in [5.74, 6) is 5.72. The van der Waals surface area contributed by atoms with Crippen molar-refractivity contribution in [2.75, 3.05) is 0 Å².